The molecule has 2 aliphatic rings. The fraction of sp³-hybridized carbons (Fsp3) is 1.00. The molecule has 1 saturated carbocycles. The summed E-state index contributed by atoms with van der Waals surface area (Å²) in [5, 5.41) is 0. The van der Waals surface area contributed by atoms with Gasteiger partial charge in [0.15, 0.2) is 0 Å². The Morgan fingerprint density at radius 3 is 2.55 bits per heavy atom. The molecular formula is C9H18N2. The molecule has 0 aromatic rings. The van der Waals surface area contributed by atoms with Crippen molar-refractivity contribution in [3.05, 3.63) is 0 Å². The van der Waals surface area contributed by atoms with Crippen molar-refractivity contribution in [3.8, 4) is 0 Å². The van der Waals surface area contributed by atoms with Crippen molar-refractivity contribution < 1.29 is 0 Å². The minimum atomic E-state index is 0.503. The highest BCUT2D eigenvalue weighted by molar-refractivity contribution is 5.13. The van der Waals surface area contributed by atoms with Gasteiger partial charge in [-0.1, -0.05) is 6.92 Å². The lowest BCUT2D eigenvalue weighted by Gasteiger charge is -2.64. The van der Waals surface area contributed by atoms with E-state index in [-0.39, 0.29) is 0 Å². The second-order valence-electron chi connectivity index (χ2n) is 4.22. The van der Waals surface area contributed by atoms with E-state index in [2.05, 4.69) is 18.9 Å². The molecule has 0 aromatic heterocycles. The van der Waals surface area contributed by atoms with Gasteiger partial charge in [0.1, 0.15) is 0 Å². The van der Waals surface area contributed by atoms with E-state index in [9.17, 15) is 0 Å². The zero-order chi connectivity index (χ0) is 8.06. The summed E-state index contributed by atoms with van der Waals surface area (Å²) in [5.74, 6) is 0. The molecule has 1 aliphatic carbocycles. The maximum absolute atomic E-state index is 6.02. The van der Waals surface area contributed by atoms with Crippen LogP contribution < -0.4 is 5.73 Å². The first-order valence-corrected chi connectivity index (χ1v) is 4.66. The van der Waals surface area contributed by atoms with E-state index >= 15 is 0 Å². The van der Waals surface area contributed by atoms with E-state index < -0.39 is 0 Å². The number of nitrogens with zero attached hydrogens (tertiary/aromatic N) is 1. The van der Waals surface area contributed by atoms with Gasteiger partial charge in [0.05, 0.1) is 0 Å². The lowest BCUT2D eigenvalue weighted by atomic mass is 9.54. The molecule has 64 valence electrons. The molecule has 2 rings (SSSR count). The highest BCUT2D eigenvalue weighted by Gasteiger charge is 2.58. The Labute approximate surface area is 68.7 Å². The first-order chi connectivity index (χ1) is 5.20. The van der Waals surface area contributed by atoms with E-state index in [1.165, 1.54) is 25.8 Å². The predicted molar refractivity (Wildman–Crippen MR) is 46.4 cm³/mol. The molecule has 2 heteroatoms. The SMILES string of the molecule is CCC1N(C)C[C@]12CCC2N. The van der Waals surface area contributed by atoms with Crippen molar-refractivity contribution in [2.45, 2.75) is 38.3 Å². The molecule has 2 unspecified atom stereocenters. The Morgan fingerprint density at radius 1 is 1.64 bits per heavy atom. The monoisotopic (exact) mass is 154 g/mol. The Balaban J connectivity index is 2.06. The number of hydrogen-bond acceptors (Lipinski definition) is 2. The summed E-state index contributed by atoms with van der Waals surface area (Å²) in [4.78, 5) is 2.44. The lowest BCUT2D eigenvalue weighted by molar-refractivity contribution is -0.127. The van der Waals surface area contributed by atoms with E-state index in [1.807, 2.05) is 0 Å². The average Bonchev–Trinajstić information content (AvgIpc) is 1.97. The molecule has 0 aromatic carbocycles. The van der Waals surface area contributed by atoms with Gasteiger partial charge in [-0.3, -0.25) is 0 Å². The van der Waals surface area contributed by atoms with Crippen molar-refractivity contribution in [3.63, 3.8) is 0 Å². The lowest BCUT2D eigenvalue weighted by Crippen LogP contribution is -2.73. The molecule has 1 saturated heterocycles. The molecule has 2 nitrogen and oxygen atoms in total. The van der Waals surface area contributed by atoms with Crippen LogP contribution in [0, 0.1) is 5.41 Å². The van der Waals surface area contributed by atoms with Crippen LogP contribution in [0.5, 0.6) is 0 Å². The van der Waals surface area contributed by atoms with Gasteiger partial charge in [0, 0.05) is 24.0 Å². The largest absolute Gasteiger partial charge is 0.327 e. The number of rotatable bonds is 1. The highest BCUT2D eigenvalue weighted by atomic mass is 15.2. The van der Waals surface area contributed by atoms with Crippen LogP contribution in [-0.2, 0) is 0 Å². The number of nitrogens with two attached hydrogens (primary N) is 1. The van der Waals surface area contributed by atoms with Crippen LogP contribution in [0.4, 0.5) is 0 Å². The van der Waals surface area contributed by atoms with Crippen molar-refractivity contribution in [1.29, 1.82) is 0 Å². The molecule has 1 aliphatic heterocycles. The summed E-state index contributed by atoms with van der Waals surface area (Å²) in [5.41, 5.74) is 6.57. The maximum atomic E-state index is 6.02. The zero-order valence-electron chi connectivity index (χ0n) is 7.51. The van der Waals surface area contributed by atoms with Crippen LogP contribution in [-0.4, -0.2) is 30.6 Å². The first kappa shape index (κ1) is 7.56. The average molecular weight is 154 g/mol. The molecule has 2 fully saturated rings. The minimum absolute atomic E-state index is 0.503. The summed E-state index contributed by atoms with van der Waals surface area (Å²) in [6.07, 6.45) is 3.89. The molecule has 1 spiro atoms. The fourth-order valence-corrected chi connectivity index (χ4v) is 3.02. The van der Waals surface area contributed by atoms with E-state index in [0.717, 1.165) is 6.04 Å². The van der Waals surface area contributed by atoms with Crippen LogP contribution in [0.1, 0.15) is 26.2 Å². The van der Waals surface area contributed by atoms with Gasteiger partial charge in [-0.05, 0) is 26.3 Å². The second-order valence-corrected chi connectivity index (χ2v) is 4.22. The van der Waals surface area contributed by atoms with Crippen LogP contribution in [0.15, 0.2) is 0 Å². The second kappa shape index (κ2) is 2.20. The Kier molecular flexibility index (Phi) is 1.52. The molecule has 11 heavy (non-hydrogen) atoms. The van der Waals surface area contributed by atoms with Gasteiger partial charge in [-0.25, -0.2) is 0 Å². The molecule has 0 amide bonds. The van der Waals surface area contributed by atoms with Crippen molar-refractivity contribution in [2.75, 3.05) is 13.6 Å². The molecule has 3 atom stereocenters. The summed E-state index contributed by atoms with van der Waals surface area (Å²) in [6, 6.07) is 1.29. The van der Waals surface area contributed by atoms with Crippen LogP contribution >= 0.6 is 0 Å². The zero-order valence-corrected chi connectivity index (χ0v) is 7.51. The van der Waals surface area contributed by atoms with E-state index in [1.54, 1.807) is 0 Å². The van der Waals surface area contributed by atoms with E-state index in [0.29, 0.717) is 11.5 Å². The quantitative estimate of drug-likeness (QED) is 0.606. The van der Waals surface area contributed by atoms with Crippen LogP contribution in [0.25, 0.3) is 0 Å². The number of hydrogen-bond donors (Lipinski definition) is 1. The van der Waals surface area contributed by atoms with Gasteiger partial charge in [0.25, 0.3) is 0 Å². The Bertz CT molecular complexity index is 169. The maximum Gasteiger partial charge on any atom is 0.0173 e. The molecule has 2 N–H and O–H groups in total. The summed E-state index contributed by atoms with van der Waals surface area (Å²) in [6.45, 7) is 3.51. The minimum Gasteiger partial charge on any atom is -0.327 e. The molecule has 0 radical (unpaired) electrons. The first-order valence-electron chi connectivity index (χ1n) is 4.66. The van der Waals surface area contributed by atoms with Gasteiger partial charge in [-0.2, -0.15) is 0 Å². The smallest absolute Gasteiger partial charge is 0.0173 e. The van der Waals surface area contributed by atoms with Gasteiger partial charge in [-0.15, -0.1) is 0 Å². The third-order valence-corrected chi connectivity index (χ3v) is 3.79. The molecule has 0 bridgehead atoms. The molecule has 1 heterocycles. The Hall–Kier alpha value is -0.0800. The normalized spacial score (nSPS) is 50.5. The van der Waals surface area contributed by atoms with Gasteiger partial charge in [0.2, 0.25) is 0 Å². The number of likely N-dealkylation sites (tertiary alicyclic amines) is 1. The standard InChI is InChI=1S/C9H18N2/c1-3-8-9(6-11(8)2)5-4-7(9)10/h7-8H,3-6,10H2,1-2H3/t7?,8?,9-/m0/s1. The van der Waals surface area contributed by atoms with Crippen molar-refractivity contribution >= 4 is 0 Å². The summed E-state index contributed by atoms with van der Waals surface area (Å²) in [7, 11) is 2.21. The summed E-state index contributed by atoms with van der Waals surface area (Å²) < 4.78 is 0. The van der Waals surface area contributed by atoms with Crippen LogP contribution in [0.3, 0.4) is 0 Å². The third-order valence-electron chi connectivity index (χ3n) is 3.79. The van der Waals surface area contributed by atoms with Gasteiger partial charge >= 0.3 is 0 Å². The van der Waals surface area contributed by atoms with E-state index in [4.69, 9.17) is 5.73 Å². The highest BCUT2D eigenvalue weighted by Crippen LogP contribution is 2.52. The third kappa shape index (κ3) is 0.744. The Morgan fingerprint density at radius 2 is 2.36 bits per heavy atom. The molecular weight excluding hydrogens is 136 g/mol. The fourth-order valence-electron chi connectivity index (χ4n) is 3.02. The van der Waals surface area contributed by atoms with Crippen molar-refractivity contribution in [1.82, 2.24) is 4.90 Å². The van der Waals surface area contributed by atoms with Crippen LogP contribution in [0.2, 0.25) is 0 Å². The topological polar surface area (TPSA) is 29.3 Å². The summed E-state index contributed by atoms with van der Waals surface area (Å²) >= 11 is 0. The van der Waals surface area contributed by atoms with Gasteiger partial charge < -0.3 is 10.6 Å². The predicted octanol–water partition coefficient (Wildman–Crippen LogP) is 0.818. The van der Waals surface area contributed by atoms with Crippen molar-refractivity contribution in [2.24, 2.45) is 11.1 Å².